The Morgan fingerprint density at radius 3 is 2.35 bits per heavy atom. The number of non-ortho nitro benzene ring substituents is 1. The van der Waals surface area contributed by atoms with Crippen LogP contribution < -0.4 is 16.2 Å². The number of anilines is 1. The Bertz CT molecular complexity index is 668. The summed E-state index contributed by atoms with van der Waals surface area (Å²) in [7, 11) is 0. The zero-order chi connectivity index (χ0) is 14.7. The molecule has 0 atom stereocenters. The lowest BCUT2D eigenvalue weighted by Crippen LogP contribution is -2.12. The van der Waals surface area contributed by atoms with E-state index in [0.29, 0.717) is 11.4 Å². The van der Waals surface area contributed by atoms with Crippen LogP contribution in [-0.4, -0.2) is 10.8 Å². The first-order valence-electron chi connectivity index (χ1n) is 5.59. The van der Waals surface area contributed by atoms with Gasteiger partial charge in [0.15, 0.2) is 0 Å². The molecule has 7 nitrogen and oxygen atoms in total. The molecule has 7 heteroatoms. The maximum atomic E-state index is 11.3. The molecule has 0 aromatic heterocycles. The Morgan fingerprint density at radius 1 is 1.15 bits per heavy atom. The molecule has 0 fully saturated rings. The van der Waals surface area contributed by atoms with E-state index in [1.54, 1.807) is 24.3 Å². The molecule has 4 N–H and O–H groups in total. The number of nitro groups is 1. The van der Waals surface area contributed by atoms with Crippen LogP contribution in [0.25, 0.3) is 0 Å². The zero-order valence-corrected chi connectivity index (χ0v) is 10.3. The van der Waals surface area contributed by atoms with Crippen molar-refractivity contribution in [1.82, 2.24) is 0 Å². The summed E-state index contributed by atoms with van der Waals surface area (Å²) >= 11 is 0. The van der Waals surface area contributed by atoms with E-state index in [1.165, 1.54) is 12.1 Å². The standard InChI is InChI=1S/C13H11N3O4/c14-8-1-4-10(5-2-8)20-12-6-3-9(16(18)19)7-11(12)13(15)17/h1-7H,14H2,(H2,15,17). The van der Waals surface area contributed by atoms with Crippen LogP contribution in [0.15, 0.2) is 42.5 Å². The number of benzene rings is 2. The summed E-state index contributed by atoms with van der Waals surface area (Å²) in [6.45, 7) is 0. The van der Waals surface area contributed by atoms with Crippen LogP contribution >= 0.6 is 0 Å². The van der Waals surface area contributed by atoms with Crippen LogP contribution in [0.2, 0.25) is 0 Å². The summed E-state index contributed by atoms with van der Waals surface area (Å²) in [4.78, 5) is 21.4. The van der Waals surface area contributed by atoms with E-state index in [-0.39, 0.29) is 17.0 Å². The number of nitrogens with zero attached hydrogens (tertiary/aromatic N) is 1. The summed E-state index contributed by atoms with van der Waals surface area (Å²) in [5, 5.41) is 10.7. The van der Waals surface area contributed by atoms with Crippen molar-refractivity contribution in [3.05, 3.63) is 58.1 Å². The average molecular weight is 273 g/mol. The van der Waals surface area contributed by atoms with Crippen LogP contribution in [0.4, 0.5) is 11.4 Å². The lowest BCUT2D eigenvalue weighted by Gasteiger charge is -2.09. The molecule has 0 aliphatic heterocycles. The molecule has 20 heavy (non-hydrogen) atoms. The third-order valence-electron chi connectivity index (χ3n) is 2.55. The largest absolute Gasteiger partial charge is 0.457 e. The van der Waals surface area contributed by atoms with E-state index in [1.807, 2.05) is 0 Å². The molecule has 0 radical (unpaired) electrons. The van der Waals surface area contributed by atoms with E-state index in [4.69, 9.17) is 16.2 Å². The molecule has 2 rings (SSSR count). The molecule has 0 aliphatic rings. The number of carbonyl (C=O) groups excluding carboxylic acids is 1. The topological polar surface area (TPSA) is 121 Å². The van der Waals surface area contributed by atoms with E-state index in [2.05, 4.69) is 0 Å². The van der Waals surface area contributed by atoms with Crippen LogP contribution in [0.3, 0.4) is 0 Å². The Balaban J connectivity index is 2.38. The number of nitrogen functional groups attached to an aromatic ring is 1. The van der Waals surface area contributed by atoms with Gasteiger partial charge < -0.3 is 16.2 Å². The van der Waals surface area contributed by atoms with Gasteiger partial charge in [0.05, 0.1) is 10.5 Å². The average Bonchev–Trinajstić information content (AvgIpc) is 2.41. The van der Waals surface area contributed by atoms with Crippen molar-refractivity contribution in [2.75, 3.05) is 5.73 Å². The highest BCUT2D eigenvalue weighted by molar-refractivity contribution is 5.96. The molecule has 0 heterocycles. The van der Waals surface area contributed by atoms with Gasteiger partial charge in [-0.05, 0) is 30.3 Å². The van der Waals surface area contributed by atoms with Crippen molar-refractivity contribution in [3.8, 4) is 11.5 Å². The van der Waals surface area contributed by atoms with Crippen molar-refractivity contribution in [3.63, 3.8) is 0 Å². The number of hydrogen-bond donors (Lipinski definition) is 2. The van der Waals surface area contributed by atoms with Gasteiger partial charge >= 0.3 is 0 Å². The monoisotopic (exact) mass is 273 g/mol. The maximum absolute atomic E-state index is 11.3. The molecular weight excluding hydrogens is 262 g/mol. The second-order valence-electron chi connectivity index (χ2n) is 3.97. The normalized spacial score (nSPS) is 10.0. The minimum absolute atomic E-state index is 0.0592. The summed E-state index contributed by atoms with van der Waals surface area (Å²) in [5.41, 5.74) is 11.0. The van der Waals surface area contributed by atoms with Crippen molar-refractivity contribution < 1.29 is 14.5 Å². The van der Waals surface area contributed by atoms with Gasteiger partial charge in [-0.1, -0.05) is 0 Å². The number of carbonyl (C=O) groups is 1. The fourth-order valence-electron chi connectivity index (χ4n) is 1.58. The van der Waals surface area contributed by atoms with Gasteiger partial charge in [-0.2, -0.15) is 0 Å². The fraction of sp³-hybridized carbons (Fsp3) is 0. The summed E-state index contributed by atoms with van der Waals surface area (Å²) in [6, 6.07) is 10.1. The number of primary amides is 1. The molecule has 2 aromatic rings. The summed E-state index contributed by atoms with van der Waals surface area (Å²) in [6.07, 6.45) is 0. The molecule has 1 amide bonds. The van der Waals surface area contributed by atoms with E-state index >= 15 is 0 Å². The maximum Gasteiger partial charge on any atom is 0.270 e. The van der Waals surface area contributed by atoms with E-state index < -0.39 is 10.8 Å². The first-order valence-corrected chi connectivity index (χ1v) is 5.59. The zero-order valence-electron chi connectivity index (χ0n) is 10.3. The van der Waals surface area contributed by atoms with Crippen molar-refractivity contribution >= 4 is 17.3 Å². The van der Waals surface area contributed by atoms with Crippen molar-refractivity contribution in [1.29, 1.82) is 0 Å². The first kappa shape index (κ1) is 13.3. The Morgan fingerprint density at radius 2 is 1.80 bits per heavy atom. The molecule has 2 aromatic carbocycles. The molecular formula is C13H11N3O4. The van der Waals surface area contributed by atoms with Crippen molar-refractivity contribution in [2.45, 2.75) is 0 Å². The highest BCUT2D eigenvalue weighted by Gasteiger charge is 2.16. The number of amides is 1. The number of rotatable bonds is 4. The summed E-state index contributed by atoms with van der Waals surface area (Å²) < 4.78 is 5.48. The molecule has 0 saturated heterocycles. The van der Waals surface area contributed by atoms with Crippen LogP contribution in [-0.2, 0) is 0 Å². The van der Waals surface area contributed by atoms with Crippen molar-refractivity contribution in [2.24, 2.45) is 5.73 Å². The predicted molar refractivity (Wildman–Crippen MR) is 72.5 cm³/mol. The minimum atomic E-state index is -0.806. The Hall–Kier alpha value is -3.09. The van der Waals surface area contributed by atoms with Gasteiger partial charge in [-0.25, -0.2) is 0 Å². The quantitative estimate of drug-likeness (QED) is 0.501. The van der Waals surface area contributed by atoms with E-state index in [0.717, 1.165) is 6.07 Å². The SMILES string of the molecule is NC(=O)c1cc([N+](=O)[O-])ccc1Oc1ccc(N)cc1. The summed E-state index contributed by atoms with van der Waals surface area (Å²) in [5.74, 6) is -0.220. The van der Waals surface area contributed by atoms with Gasteiger partial charge in [-0.3, -0.25) is 14.9 Å². The van der Waals surface area contributed by atoms with Crippen LogP contribution in [0, 0.1) is 10.1 Å². The van der Waals surface area contributed by atoms with Gasteiger partial charge in [0.25, 0.3) is 11.6 Å². The first-order chi connectivity index (χ1) is 9.47. The molecule has 0 bridgehead atoms. The number of ether oxygens (including phenoxy) is 1. The van der Waals surface area contributed by atoms with Crippen LogP contribution in [0.1, 0.15) is 10.4 Å². The number of hydrogen-bond acceptors (Lipinski definition) is 5. The molecule has 0 spiro atoms. The molecule has 102 valence electrons. The lowest BCUT2D eigenvalue weighted by molar-refractivity contribution is -0.384. The van der Waals surface area contributed by atoms with E-state index in [9.17, 15) is 14.9 Å². The molecule has 0 unspecified atom stereocenters. The highest BCUT2D eigenvalue weighted by Crippen LogP contribution is 2.28. The van der Waals surface area contributed by atoms with Gasteiger partial charge in [0, 0.05) is 17.8 Å². The Labute approximate surface area is 113 Å². The number of nitrogens with two attached hydrogens (primary N) is 2. The van der Waals surface area contributed by atoms with Crippen LogP contribution in [0.5, 0.6) is 11.5 Å². The lowest BCUT2D eigenvalue weighted by atomic mass is 10.1. The fourth-order valence-corrected chi connectivity index (χ4v) is 1.58. The Kier molecular flexibility index (Phi) is 3.52. The molecule has 0 saturated carbocycles. The second kappa shape index (κ2) is 5.27. The third kappa shape index (κ3) is 2.83. The molecule has 0 aliphatic carbocycles. The number of nitro benzene ring substituents is 1. The third-order valence-corrected chi connectivity index (χ3v) is 2.55. The second-order valence-corrected chi connectivity index (χ2v) is 3.97. The van der Waals surface area contributed by atoms with Gasteiger partial charge in [0.2, 0.25) is 0 Å². The van der Waals surface area contributed by atoms with Gasteiger partial charge in [-0.15, -0.1) is 0 Å². The highest BCUT2D eigenvalue weighted by atomic mass is 16.6. The van der Waals surface area contributed by atoms with Gasteiger partial charge in [0.1, 0.15) is 11.5 Å². The minimum Gasteiger partial charge on any atom is -0.457 e. The predicted octanol–water partition coefficient (Wildman–Crippen LogP) is 2.07. The smallest absolute Gasteiger partial charge is 0.270 e.